The minimum atomic E-state index is -0.675. The third-order valence-corrected chi connectivity index (χ3v) is 13.9. The van der Waals surface area contributed by atoms with Crippen molar-refractivity contribution < 1.29 is 14.7 Å². The summed E-state index contributed by atoms with van der Waals surface area (Å²) in [5.74, 6) is 1.63. The molecule has 10 rings (SSSR count). The number of carbonyl (C=O) groups is 2. The number of imidazole rings is 1. The van der Waals surface area contributed by atoms with E-state index in [9.17, 15) is 19.5 Å². The molecular formula is C39H45N9O4S. The zero-order chi connectivity index (χ0) is 36.1. The molecule has 0 spiro atoms. The summed E-state index contributed by atoms with van der Waals surface area (Å²) in [7, 11) is 1.76. The molecule has 2 amide bonds. The fourth-order valence-corrected chi connectivity index (χ4v) is 11.0. The maximum atomic E-state index is 13.3. The summed E-state index contributed by atoms with van der Waals surface area (Å²) in [6.45, 7) is 8.85. The van der Waals surface area contributed by atoms with E-state index in [1.807, 2.05) is 6.07 Å². The lowest BCUT2D eigenvalue weighted by Gasteiger charge is -2.39. The van der Waals surface area contributed by atoms with Crippen molar-refractivity contribution in [1.82, 2.24) is 29.7 Å². The molecule has 4 aliphatic heterocycles. The molecule has 53 heavy (non-hydrogen) atoms. The molecule has 6 atom stereocenters. The number of nitrogens with one attached hydrogen (secondary N) is 3. The lowest BCUT2D eigenvalue weighted by molar-refractivity contribution is -0.135. The monoisotopic (exact) mass is 735 g/mol. The molecule has 0 bridgehead atoms. The van der Waals surface area contributed by atoms with Gasteiger partial charge in [-0.25, -0.2) is 9.78 Å². The fraction of sp³-hybridized carbons (Fsp3) is 0.487. The minimum Gasteiger partial charge on any atom is -0.382 e. The fourth-order valence-electron chi connectivity index (χ4n) is 9.88. The first-order valence-corrected chi connectivity index (χ1v) is 19.8. The van der Waals surface area contributed by atoms with Gasteiger partial charge in [-0.15, -0.1) is 11.3 Å². The Bertz CT molecular complexity index is 2350. The molecule has 3 aromatic heterocycles. The highest BCUT2D eigenvalue weighted by molar-refractivity contribution is 7.20. The molecule has 13 nitrogen and oxygen atoms in total. The summed E-state index contributed by atoms with van der Waals surface area (Å²) >= 11 is 1.64. The first kappa shape index (κ1) is 33.1. The van der Waals surface area contributed by atoms with Gasteiger partial charge in [0.1, 0.15) is 18.1 Å². The van der Waals surface area contributed by atoms with Crippen LogP contribution in [0.1, 0.15) is 49.8 Å². The molecule has 5 aliphatic rings. The van der Waals surface area contributed by atoms with Crippen molar-refractivity contribution in [1.29, 1.82) is 0 Å². The van der Waals surface area contributed by atoms with E-state index >= 15 is 0 Å². The van der Waals surface area contributed by atoms with Gasteiger partial charge < -0.3 is 20.2 Å². The summed E-state index contributed by atoms with van der Waals surface area (Å²) < 4.78 is 4.34. The molecule has 1 saturated carbocycles. The van der Waals surface area contributed by atoms with Gasteiger partial charge >= 0.3 is 5.69 Å². The number of fused-ring (bicyclic) bond motifs is 7. The van der Waals surface area contributed by atoms with Crippen molar-refractivity contribution in [3.05, 3.63) is 57.8 Å². The molecule has 14 heteroatoms. The molecule has 276 valence electrons. The Balaban J connectivity index is 0.789. The SMILES string of the molecule is C[C@@H]1CNc2c(sc3ccc4nc(N5CCN([C@@H]6C[C@@H]7CN(c8ccc9c(c8)n(C)c(=O)n9C8CCC(=O)NC8=O)C[C@@H]7C6)CC5)ccc4c23)C(O)N1. The van der Waals surface area contributed by atoms with E-state index in [2.05, 4.69) is 74.0 Å². The molecule has 4 fully saturated rings. The smallest absolute Gasteiger partial charge is 0.329 e. The summed E-state index contributed by atoms with van der Waals surface area (Å²) in [5, 5.41) is 22.3. The number of thiophene rings is 1. The van der Waals surface area contributed by atoms with Crippen molar-refractivity contribution in [2.75, 3.05) is 60.9 Å². The van der Waals surface area contributed by atoms with Crippen LogP contribution < -0.4 is 31.4 Å². The van der Waals surface area contributed by atoms with Crippen molar-refractivity contribution in [3.63, 3.8) is 0 Å². The number of anilines is 3. The van der Waals surface area contributed by atoms with E-state index in [0.717, 1.165) is 99.9 Å². The van der Waals surface area contributed by atoms with E-state index in [1.54, 1.807) is 27.5 Å². The first-order valence-electron chi connectivity index (χ1n) is 19.0. The number of aliphatic hydroxyl groups excluding tert-OH is 1. The topological polar surface area (TPSA) is 140 Å². The average molecular weight is 736 g/mol. The third kappa shape index (κ3) is 5.44. The third-order valence-electron chi connectivity index (χ3n) is 12.7. The number of amides is 2. The predicted octanol–water partition coefficient (Wildman–Crippen LogP) is 3.51. The number of benzene rings is 2. The van der Waals surface area contributed by atoms with Crippen LogP contribution in [0.2, 0.25) is 0 Å². The lowest BCUT2D eigenvalue weighted by Crippen LogP contribution is -2.50. The molecule has 2 aromatic carbocycles. The van der Waals surface area contributed by atoms with Crippen LogP contribution in [0.15, 0.2) is 47.3 Å². The van der Waals surface area contributed by atoms with Crippen LogP contribution in [0.5, 0.6) is 0 Å². The predicted molar refractivity (Wildman–Crippen MR) is 208 cm³/mol. The lowest BCUT2D eigenvalue weighted by atomic mass is 10.0. The van der Waals surface area contributed by atoms with Crippen LogP contribution in [0.4, 0.5) is 17.2 Å². The molecule has 7 heterocycles. The normalized spacial score (nSPS) is 28.1. The number of aryl methyl sites for hydroxylation is 1. The maximum Gasteiger partial charge on any atom is 0.329 e. The van der Waals surface area contributed by atoms with Gasteiger partial charge in [-0.3, -0.25) is 34.3 Å². The number of imide groups is 1. The number of pyridine rings is 1. The number of nitrogens with zero attached hydrogens (tertiary/aromatic N) is 6. The Kier molecular flexibility index (Phi) is 7.83. The van der Waals surface area contributed by atoms with Gasteiger partial charge in [-0.1, -0.05) is 0 Å². The van der Waals surface area contributed by atoms with Gasteiger partial charge in [0.05, 0.1) is 27.1 Å². The molecule has 4 N–H and O–H groups in total. The van der Waals surface area contributed by atoms with Crippen molar-refractivity contribution in [2.45, 2.75) is 57.0 Å². The van der Waals surface area contributed by atoms with E-state index in [4.69, 9.17) is 4.98 Å². The van der Waals surface area contributed by atoms with Crippen LogP contribution in [-0.2, 0) is 16.6 Å². The minimum absolute atomic E-state index is 0.173. The summed E-state index contributed by atoms with van der Waals surface area (Å²) in [6.07, 6.45) is 2.31. The van der Waals surface area contributed by atoms with E-state index < -0.39 is 18.2 Å². The van der Waals surface area contributed by atoms with Crippen LogP contribution in [-0.4, -0.2) is 93.8 Å². The Labute approximate surface area is 310 Å². The molecule has 5 aromatic rings. The second-order valence-electron chi connectivity index (χ2n) is 15.8. The Morgan fingerprint density at radius 1 is 0.925 bits per heavy atom. The molecule has 3 saturated heterocycles. The summed E-state index contributed by atoms with van der Waals surface area (Å²) in [6, 6.07) is 14.9. The number of rotatable bonds is 4. The summed E-state index contributed by atoms with van der Waals surface area (Å²) in [5.41, 5.74) is 4.44. The first-order chi connectivity index (χ1) is 25.7. The van der Waals surface area contributed by atoms with Gasteiger partial charge in [-0.2, -0.15) is 0 Å². The summed E-state index contributed by atoms with van der Waals surface area (Å²) in [4.78, 5) is 51.3. The molecule has 1 aliphatic carbocycles. The van der Waals surface area contributed by atoms with Gasteiger partial charge in [0.2, 0.25) is 11.8 Å². The standard InChI is InChI=1S/C39H45N9O4S/c1-21-18-40-35-34-26-4-9-32(42-27(26)5-8-31(34)53-36(35)38(51)41-21)46-13-11-45(12-14-46)25-15-22-19-47(20-23(22)16-25)24-3-6-28-30(17-24)44(2)39(52)48(28)29-7-10-33(49)43-37(29)50/h3-6,8-9,17,21-23,25,29,38,40-41,51H,7,10-16,18-20H2,1-2H3,(H,43,49,50)/t21-,22-,23+,25-,29?,38?/m1/s1. The van der Waals surface area contributed by atoms with Crippen LogP contribution in [0.3, 0.4) is 0 Å². The largest absolute Gasteiger partial charge is 0.382 e. The van der Waals surface area contributed by atoms with Crippen molar-refractivity contribution in [3.8, 4) is 0 Å². The quantitative estimate of drug-likeness (QED) is 0.203. The molecule has 2 unspecified atom stereocenters. The highest BCUT2D eigenvalue weighted by Crippen LogP contribution is 2.45. The number of hydrogen-bond acceptors (Lipinski definition) is 11. The maximum absolute atomic E-state index is 13.3. The number of piperidine rings is 1. The van der Waals surface area contributed by atoms with Gasteiger partial charge in [0.25, 0.3) is 0 Å². The number of carbonyl (C=O) groups excluding carboxylic acids is 2. The van der Waals surface area contributed by atoms with E-state index in [1.165, 1.54) is 12.8 Å². The Morgan fingerprint density at radius 2 is 1.72 bits per heavy atom. The molecular weight excluding hydrogens is 691 g/mol. The Hall–Kier alpha value is -4.50. The van der Waals surface area contributed by atoms with Gasteiger partial charge in [0.15, 0.2) is 0 Å². The number of hydrogen-bond donors (Lipinski definition) is 4. The zero-order valence-electron chi connectivity index (χ0n) is 30.0. The zero-order valence-corrected chi connectivity index (χ0v) is 30.9. The van der Waals surface area contributed by atoms with Crippen molar-refractivity contribution >= 4 is 72.4 Å². The molecule has 0 radical (unpaired) electrons. The average Bonchev–Trinajstić information content (AvgIpc) is 3.89. The van der Waals surface area contributed by atoms with Gasteiger partial charge in [0, 0.05) is 92.5 Å². The number of aromatic nitrogens is 3. The van der Waals surface area contributed by atoms with Crippen LogP contribution >= 0.6 is 11.3 Å². The second kappa shape index (κ2) is 12.5. The van der Waals surface area contributed by atoms with Crippen LogP contribution in [0, 0.1) is 11.8 Å². The Morgan fingerprint density at radius 3 is 2.49 bits per heavy atom. The number of piperazine rings is 1. The highest BCUT2D eigenvalue weighted by Gasteiger charge is 2.43. The van der Waals surface area contributed by atoms with E-state index in [-0.39, 0.29) is 24.1 Å². The van der Waals surface area contributed by atoms with Gasteiger partial charge in [-0.05, 0) is 80.5 Å². The van der Waals surface area contributed by atoms with Crippen molar-refractivity contribution in [2.24, 2.45) is 18.9 Å². The number of aliphatic hydroxyl groups is 1. The second-order valence-corrected chi connectivity index (χ2v) is 16.9. The van der Waals surface area contributed by atoms with Crippen LogP contribution in [0.25, 0.3) is 32.0 Å². The highest BCUT2D eigenvalue weighted by atomic mass is 32.1. The van der Waals surface area contributed by atoms with E-state index in [0.29, 0.717) is 24.3 Å².